The summed E-state index contributed by atoms with van der Waals surface area (Å²) in [4.78, 5) is 25.1. The van der Waals surface area contributed by atoms with E-state index in [4.69, 9.17) is 9.47 Å². The van der Waals surface area contributed by atoms with Crippen LogP contribution in [0.2, 0.25) is 0 Å². The third kappa shape index (κ3) is 6.00. The number of carbonyl (C=O) groups excluding carboxylic acids is 2. The lowest BCUT2D eigenvalue weighted by atomic mass is 9.47. The summed E-state index contributed by atoms with van der Waals surface area (Å²) in [5.74, 6) is -3.88. The topological polar surface area (TPSA) is 147 Å². The second kappa shape index (κ2) is 10.6. The van der Waals surface area contributed by atoms with E-state index in [0.29, 0.717) is 25.7 Å². The van der Waals surface area contributed by atoms with Crippen LogP contribution in [0.5, 0.6) is 5.75 Å². The summed E-state index contributed by atoms with van der Waals surface area (Å²) in [5, 5.41) is 19.4. The molecule has 0 amide bonds. The number of phenols is 1. The van der Waals surface area contributed by atoms with Crippen molar-refractivity contribution >= 4 is 22.1 Å². The lowest BCUT2D eigenvalue weighted by Gasteiger charge is -2.58. The van der Waals surface area contributed by atoms with Gasteiger partial charge >= 0.3 is 24.3 Å². The monoisotopic (exact) mass is 618 g/mol. The number of carbonyl (C=O) groups is 2. The van der Waals surface area contributed by atoms with Crippen LogP contribution in [0.1, 0.15) is 55.3 Å². The molecule has 16 heteroatoms. The highest BCUT2D eigenvalue weighted by Crippen LogP contribution is 2.62. The Balaban J connectivity index is 1.48. The van der Waals surface area contributed by atoms with Crippen molar-refractivity contribution in [2.24, 2.45) is 29.1 Å². The SMILES string of the molecule is O=C(OCC12CC3CCC1C(C(=O)OCCC(O)(C(F)(F)F)C(F)(F)F)CC(C3)C2)c1cc(S(=O)(=O)O)ccc1O. The quantitative estimate of drug-likeness (QED) is 0.219. The summed E-state index contributed by atoms with van der Waals surface area (Å²) in [5.41, 5.74) is -6.34. The molecule has 230 valence electrons. The molecule has 0 spiro atoms. The van der Waals surface area contributed by atoms with Gasteiger partial charge in [0.1, 0.15) is 11.3 Å². The fourth-order valence-electron chi connectivity index (χ4n) is 6.91. The second-order valence-electron chi connectivity index (χ2n) is 11.3. The van der Waals surface area contributed by atoms with Crippen LogP contribution in [0.3, 0.4) is 0 Å². The molecule has 0 aliphatic heterocycles. The van der Waals surface area contributed by atoms with Crippen molar-refractivity contribution in [3.63, 3.8) is 0 Å². The van der Waals surface area contributed by atoms with Crippen molar-refractivity contribution < 1.29 is 68.6 Å². The van der Waals surface area contributed by atoms with Gasteiger partial charge in [0, 0.05) is 11.8 Å². The second-order valence-corrected chi connectivity index (χ2v) is 12.7. The molecule has 1 aromatic rings. The van der Waals surface area contributed by atoms with Gasteiger partial charge in [-0.05, 0) is 68.1 Å². The summed E-state index contributed by atoms with van der Waals surface area (Å²) in [6.45, 7) is -1.57. The van der Waals surface area contributed by atoms with Gasteiger partial charge in [0.15, 0.2) is 0 Å². The van der Waals surface area contributed by atoms with Crippen LogP contribution in [0.15, 0.2) is 23.1 Å². The number of ether oxygens (including phenoxy) is 2. The van der Waals surface area contributed by atoms with Gasteiger partial charge in [-0.3, -0.25) is 9.35 Å². The highest BCUT2D eigenvalue weighted by Gasteiger charge is 2.70. The first kappa shape index (κ1) is 31.3. The van der Waals surface area contributed by atoms with E-state index in [-0.39, 0.29) is 24.9 Å². The lowest BCUT2D eigenvalue weighted by Crippen LogP contribution is -2.57. The molecule has 3 saturated carbocycles. The number of halogens is 6. The summed E-state index contributed by atoms with van der Waals surface area (Å²) in [6, 6.07) is 2.51. The van der Waals surface area contributed by atoms with Gasteiger partial charge in [-0.15, -0.1) is 0 Å². The van der Waals surface area contributed by atoms with E-state index >= 15 is 0 Å². The number of hydrogen-bond acceptors (Lipinski definition) is 8. The zero-order valence-corrected chi connectivity index (χ0v) is 22.2. The Morgan fingerprint density at radius 1 is 0.976 bits per heavy atom. The fraction of sp³-hybridized carbons (Fsp3) is 0.680. The minimum atomic E-state index is -6.04. The summed E-state index contributed by atoms with van der Waals surface area (Å²) < 4.78 is 120. The maximum Gasteiger partial charge on any atom is 0.426 e. The number of hydrogen-bond donors (Lipinski definition) is 3. The van der Waals surface area contributed by atoms with Crippen LogP contribution in [0, 0.1) is 29.1 Å². The van der Waals surface area contributed by atoms with Crippen molar-refractivity contribution in [2.45, 2.75) is 67.8 Å². The molecule has 0 aromatic heterocycles. The van der Waals surface area contributed by atoms with E-state index < -0.39 is 86.5 Å². The lowest BCUT2D eigenvalue weighted by molar-refractivity contribution is -0.371. The van der Waals surface area contributed by atoms with Gasteiger partial charge in [0.05, 0.1) is 24.0 Å². The Bertz CT molecular complexity index is 1280. The molecular weight excluding hydrogens is 590 g/mol. The molecule has 5 atom stereocenters. The number of aromatic hydroxyl groups is 1. The Labute approximate surface area is 230 Å². The molecule has 3 aliphatic carbocycles. The normalized spacial score (nSPS) is 28.3. The van der Waals surface area contributed by atoms with Crippen LogP contribution in [-0.2, 0) is 24.4 Å². The molecule has 0 saturated heterocycles. The van der Waals surface area contributed by atoms with E-state index in [1.807, 2.05) is 0 Å². The third-order valence-electron chi connectivity index (χ3n) is 8.73. The number of alkyl halides is 6. The van der Waals surface area contributed by atoms with Crippen LogP contribution >= 0.6 is 0 Å². The Morgan fingerprint density at radius 3 is 2.22 bits per heavy atom. The predicted octanol–water partition coefficient (Wildman–Crippen LogP) is 4.42. The highest BCUT2D eigenvalue weighted by atomic mass is 32.2. The molecule has 4 rings (SSSR count). The maximum absolute atomic E-state index is 13.0. The third-order valence-corrected chi connectivity index (χ3v) is 9.58. The van der Waals surface area contributed by atoms with Crippen LogP contribution in [0.25, 0.3) is 0 Å². The Hall–Kier alpha value is -2.59. The summed E-state index contributed by atoms with van der Waals surface area (Å²) in [7, 11) is -4.69. The summed E-state index contributed by atoms with van der Waals surface area (Å²) >= 11 is 0. The molecule has 3 fully saturated rings. The number of benzene rings is 1. The van der Waals surface area contributed by atoms with E-state index in [0.717, 1.165) is 24.6 Å². The standard InChI is InChI=1S/C25H28F6O9S/c26-24(27,28)23(35,25(29,30)31)5-6-39-20(33)16-8-14-7-13-1-3-18(16)22(10-13,11-14)12-40-21(34)17-9-15(41(36,37)38)2-4-19(17)32/h2,4,9,13-14,16,18,32,35H,1,3,5-8,10-12H2,(H,36,37,38). The maximum atomic E-state index is 13.0. The molecule has 9 nitrogen and oxygen atoms in total. The van der Waals surface area contributed by atoms with Gasteiger partial charge < -0.3 is 19.7 Å². The first-order valence-corrected chi connectivity index (χ1v) is 14.2. The first-order valence-electron chi connectivity index (χ1n) is 12.8. The molecule has 1 aromatic carbocycles. The van der Waals surface area contributed by atoms with Crippen molar-refractivity contribution in [2.75, 3.05) is 13.2 Å². The minimum absolute atomic E-state index is 0.0555. The van der Waals surface area contributed by atoms with Gasteiger partial charge in [-0.25, -0.2) is 4.79 Å². The average molecular weight is 619 g/mol. The molecule has 0 heterocycles. The van der Waals surface area contributed by atoms with Gasteiger partial charge in [0.2, 0.25) is 0 Å². The van der Waals surface area contributed by atoms with E-state index in [1.54, 1.807) is 0 Å². The van der Waals surface area contributed by atoms with Gasteiger partial charge in [-0.2, -0.15) is 34.8 Å². The van der Waals surface area contributed by atoms with E-state index in [1.165, 1.54) is 0 Å². The van der Waals surface area contributed by atoms with Crippen LogP contribution in [-0.4, -0.2) is 66.3 Å². The smallest absolute Gasteiger partial charge is 0.426 e. The van der Waals surface area contributed by atoms with Crippen LogP contribution < -0.4 is 0 Å². The minimum Gasteiger partial charge on any atom is -0.507 e. The highest BCUT2D eigenvalue weighted by molar-refractivity contribution is 7.85. The number of phenolic OH excluding ortho intramolecular Hbond substituents is 1. The molecular formula is C25H28F6O9S. The number of aliphatic hydroxyl groups is 1. The molecule has 5 unspecified atom stereocenters. The summed E-state index contributed by atoms with van der Waals surface area (Å²) in [6.07, 6.45) is -10.8. The van der Waals surface area contributed by atoms with E-state index in [2.05, 4.69) is 0 Å². The van der Waals surface area contributed by atoms with Crippen molar-refractivity contribution in [1.29, 1.82) is 0 Å². The van der Waals surface area contributed by atoms with Crippen molar-refractivity contribution in [1.82, 2.24) is 0 Å². The zero-order chi connectivity index (χ0) is 30.6. The van der Waals surface area contributed by atoms with Crippen molar-refractivity contribution in [3.8, 4) is 5.75 Å². The molecule has 41 heavy (non-hydrogen) atoms. The zero-order valence-electron chi connectivity index (χ0n) is 21.4. The molecule has 3 aliphatic rings. The van der Waals surface area contributed by atoms with E-state index in [9.17, 15) is 59.1 Å². The van der Waals surface area contributed by atoms with Gasteiger partial charge in [-0.1, -0.05) is 6.42 Å². The predicted molar refractivity (Wildman–Crippen MR) is 125 cm³/mol. The average Bonchev–Trinajstić information content (AvgIpc) is 2.83. The Morgan fingerprint density at radius 2 is 1.61 bits per heavy atom. The number of fused-ring (bicyclic) bond motifs is 2. The largest absolute Gasteiger partial charge is 0.507 e. The molecule has 3 N–H and O–H groups in total. The molecule has 3 bridgehead atoms. The number of esters is 2. The van der Waals surface area contributed by atoms with Gasteiger partial charge in [0.25, 0.3) is 15.7 Å². The fourth-order valence-corrected chi connectivity index (χ4v) is 7.42. The van der Waals surface area contributed by atoms with Crippen molar-refractivity contribution in [3.05, 3.63) is 23.8 Å². The van der Waals surface area contributed by atoms with Crippen LogP contribution in [0.4, 0.5) is 26.3 Å². The number of rotatable bonds is 8. The first-order chi connectivity index (χ1) is 18.8. The molecule has 0 radical (unpaired) electrons. The Kier molecular flexibility index (Phi) is 8.10.